The average molecular weight is 380 g/mol. The predicted molar refractivity (Wildman–Crippen MR) is 104 cm³/mol. The van der Waals surface area contributed by atoms with Crippen molar-refractivity contribution in [2.45, 2.75) is 6.92 Å². The number of Topliss-reactive ketones (excluding diaryl/α,β-unsaturated/α-hetero) is 1. The maximum Gasteiger partial charge on any atom is 0.344 e. The largest absolute Gasteiger partial charge is 0.497 e. The van der Waals surface area contributed by atoms with Gasteiger partial charge in [-0.2, -0.15) is 0 Å². The molecular formula is C22H20O6. The summed E-state index contributed by atoms with van der Waals surface area (Å²) >= 11 is 0. The highest BCUT2D eigenvalue weighted by atomic mass is 16.6. The molecule has 0 atom stereocenters. The third-order valence-electron chi connectivity index (χ3n) is 4.16. The van der Waals surface area contributed by atoms with Crippen LogP contribution in [0.1, 0.15) is 21.5 Å². The van der Waals surface area contributed by atoms with Gasteiger partial charge in [-0.25, -0.2) is 4.79 Å². The highest BCUT2D eigenvalue weighted by molar-refractivity contribution is 6.15. The number of allylic oxidation sites excluding steroid dienone is 1. The van der Waals surface area contributed by atoms with Crippen LogP contribution in [0.2, 0.25) is 0 Å². The number of ketones is 1. The monoisotopic (exact) mass is 380 g/mol. The molecule has 144 valence electrons. The summed E-state index contributed by atoms with van der Waals surface area (Å²) < 4.78 is 21.3. The first-order valence-corrected chi connectivity index (χ1v) is 8.64. The lowest BCUT2D eigenvalue weighted by atomic mass is 10.1. The molecule has 1 heterocycles. The Morgan fingerprint density at radius 3 is 2.61 bits per heavy atom. The Morgan fingerprint density at radius 2 is 1.93 bits per heavy atom. The molecule has 0 spiro atoms. The number of esters is 1. The van der Waals surface area contributed by atoms with E-state index in [1.54, 1.807) is 32.2 Å². The Balaban J connectivity index is 1.77. The fraction of sp³-hybridized carbons (Fsp3) is 0.182. The van der Waals surface area contributed by atoms with Crippen molar-refractivity contribution in [3.8, 4) is 17.2 Å². The van der Waals surface area contributed by atoms with Gasteiger partial charge in [0.15, 0.2) is 12.4 Å². The van der Waals surface area contributed by atoms with Crippen LogP contribution in [0.3, 0.4) is 0 Å². The number of rotatable bonds is 7. The lowest BCUT2D eigenvalue weighted by Crippen LogP contribution is -2.15. The summed E-state index contributed by atoms with van der Waals surface area (Å²) in [5, 5.41) is 0. The smallest absolute Gasteiger partial charge is 0.344 e. The SMILES string of the molecule is C=CCOC(=O)COc1ccc2c(c1C)O/C(=C\c1ccc(OC)cc1)C2=O. The van der Waals surface area contributed by atoms with E-state index in [9.17, 15) is 9.59 Å². The van der Waals surface area contributed by atoms with Gasteiger partial charge in [0.25, 0.3) is 0 Å². The van der Waals surface area contributed by atoms with Crippen molar-refractivity contribution in [1.82, 2.24) is 0 Å². The van der Waals surface area contributed by atoms with E-state index in [-0.39, 0.29) is 24.8 Å². The molecule has 3 rings (SSSR count). The average Bonchev–Trinajstić information content (AvgIpc) is 3.03. The van der Waals surface area contributed by atoms with Gasteiger partial charge in [0.05, 0.1) is 12.7 Å². The predicted octanol–water partition coefficient (Wildman–Crippen LogP) is 3.73. The van der Waals surface area contributed by atoms with Gasteiger partial charge < -0.3 is 18.9 Å². The Labute approximate surface area is 163 Å². The number of methoxy groups -OCH3 is 1. The molecule has 0 radical (unpaired) electrons. The molecule has 1 aliphatic heterocycles. The number of carbonyl (C=O) groups is 2. The van der Waals surface area contributed by atoms with Gasteiger partial charge in [0.1, 0.15) is 23.9 Å². The molecule has 0 bridgehead atoms. The van der Waals surface area contributed by atoms with Crippen LogP contribution in [0, 0.1) is 6.92 Å². The van der Waals surface area contributed by atoms with Crippen molar-refractivity contribution in [3.63, 3.8) is 0 Å². The van der Waals surface area contributed by atoms with E-state index >= 15 is 0 Å². The molecule has 6 heteroatoms. The van der Waals surface area contributed by atoms with Crippen LogP contribution >= 0.6 is 0 Å². The first-order chi connectivity index (χ1) is 13.5. The summed E-state index contributed by atoms with van der Waals surface area (Å²) in [7, 11) is 1.59. The van der Waals surface area contributed by atoms with Crippen LogP contribution in [0.15, 0.2) is 54.8 Å². The first kappa shape index (κ1) is 19.2. The third-order valence-corrected chi connectivity index (χ3v) is 4.16. The molecule has 0 saturated carbocycles. The van der Waals surface area contributed by atoms with Crippen molar-refractivity contribution in [2.75, 3.05) is 20.3 Å². The fourth-order valence-electron chi connectivity index (χ4n) is 2.71. The van der Waals surface area contributed by atoms with Gasteiger partial charge in [-0.3, -0.25) is 4.79 Å². The Morgan fingerprint density at radius 1 is 1.18 bits per heavy atom. The Kier molecular flexibility index (Phi) is 5.79. The van der Waals surface area contributed by atoms with Gasteiger partial charge in [-0.15, -0.1) is 0 Å². The molecule has 6 nitrogen and oxygen atoms in total. The topological polar surface area (TPSA) is 71.1 Å². The standard InChI is InChI=1S/C22H20O6/c1-4-11-26-20(23)13-27-18-10-9-17-21(24)19(28-22(17)14(18)2)12-15-5-7-16(25-3)8-6-15/h4-10,12H,1,11,13H2,2-3H3/b19-12-. The minimum atomic E-state index is -0.503. The van der Waals surface area contributed by atoms with Gasteiger partial charge in [-0.1, -0.05) is 24.8 Å². The third kappa shape index (κ3) is 4.06. The molecule has 0 N–H and O–H groups in total. The zero-order chi connectivity index (χ0) is 20.1. The van der Waals surface area contributed by atoms with E-state index in [1.807, 2.05) is 24.3 Å². The van der Waals surface area contributed by atoms with Gasteiger partial charge >= 0.3 is 5.97 Å². The molecule has 0 amide bonds. The van der Waals surface area contributed by atoms with Crippen LogP contribution in [0.25, 0.3) is 6.08 Å². The maximum atomic E-state index is 12.6. The molecule has 2 aromatic carbocycles. The van der Waals surface area contributed by atoms with E-state index in [4.69, 9.17) is 18.9 Å². The van der Waals surface area contributed by atoms with Crippen molar-refractivity contribution < 1.29 is 28.5 Å². The highest BCUT2D eigenvalue weighted by Gasteiger charge is 2.30. The number of carbonyl (C=O) groups excluding carboxylic acids is 2. The van der Waals surface area contributed by atoms with E-state index in [0.717, 1.165) is 11.3 Å². The van der Waals surface area contributed by atoms with Crippen molar-refractivity contribution in [1.29, 1.82) is 0 Å². The zero-order valence-corrected chi connectivity index (χ0v) is 15.7. The summed E-state index contributed by atoms with van der Waals surface area (Å²) in [6.07, 6.45) is 3.16. The number of hydrogen-bond acceptors (Lipinski definition) is 6. The molecular weight excluding hydrogens is 360 g/mol. The molecule has 0 aliphatic carbocycles. The summed E-state index contributed by atoms with van der Waals surface area (Å²) in [5.41, 5.74) is 1.91. The van der Waals surface area contributed by atoms with Gasteiger partial charge in [0, 0.05) is 5.56 Å². The molecule has 2 aromatic rings. The normalized spacial score (nSPS) is 13.6. The Hall–Kier alpha value is -3.54. The van der Waals surface area contributed by atoms with Crippen LogP contribution in [-0.2, 0) is 9.53 Å². The molecule has 28 heavy (non-hydrogen) atoms. The summed E-state index contributed by atoms with van der Waals surface area (Å²) in [5.74, 6) is 1.14. The van der Waals surface area contributed by atoms with E-state index < -0.39 is 5.97 Å². The number of hydrogen-bond donors (Lipinski definition) is 0. The maximum absolute atomic E-state index is 12.6. The number of fused-ring (bicyclic) bond motifs is 1. The number of ether oxygens (including phenoxy) is 4. The molecule has 0 saturated heterocycles. The fourth-order valence-corrected chi connectivity index (χ4v) is 2.71. The van der Waals surface area contributed by atoms with Gasteiger partial charge in [-0.05, 0) is 42.8 Å². The second kappa shape index (κ2) is 8.43. The number of benzene rings is 2. The quantitative estimate of drug-likeness (QED) is 0.414. The van der Waals surface area contributed by atoms with Gasteiger partial charge in [0.2, 0.25) is 5.78 Å². The van der Waals surface area contributed by atoms with Crippen molar-refractivity contribution in [3.05, 3.63) is 71.5 Å². The van der Waals surface area contributed by atoms with E-state index in [1.165, 1.54) is 6.08 Å². The summed E-state index contributed by atoms with van der Waals surface area (Å²) in [6, 6.07) is 10.6. The van der Waals surface area contributed by atoms with Crippen molar-refractivity contribution in [2.24, 2.45) is 0 Å². The second-order valence-corrected chi connectivity index (χ2v) is 6.04. The lowest BCUT2D eigenvalue weighted by molar-refractivity contribution is -0.144. The second-order valence-electron chi connectivity index (χ2n) is 6.04. The minimum absolute atomic E-state index is 0.127. The summed E-state index contributed by atoms with van der Waals surface area (Å²) in [4.78, 5) is 24.2. The van der Waals surface area contributed by atoms with Crippen LogP contribution in [0.4, 0.5) is 0 Å². The molecule has 0 aromatic heterocycles. The minimum Gasteiger partial charge on any atom is -0.497 e. The highest BCUT2D eigenvalue weighted by Crippen LogP contribution is 2.39. The van der Waals surface area contributed by atoms with Crippen molar-refractivity contribution >= 4 is 17.8 Å². The molecule has 0 fully saturated rings. The van der Waals surface area contributed by atoms with Crippen LogP contribution in [-0.4, -0.2) is 32.1 Å². The lowest BCUT2D eigenvalue weighted by Gasteiger charge is -2.10. The molecule has 1 aliphatic rings. The van der Waals surface area contributed by atoms with E-state index in [0.29, 0.717) is 22.6 Å². The zero-order valence-electron chi connectivity index (χ0n) is 15.7. The van der Waals surface area contributed by atoms with E-state index in [2.05, 4.69) is 6.58 Å². The summed E-state index contributed by atoms with van der Waals surface area (Å²) in [6.45, 7) is 5.14. The van der Waals surface area contributed by atoms with Crippen LogP contribution in [0.5, 0.6) is 17.2 Å². The Bertz CT molecular complexity index is 940. The first-order valence-electron chi connectivity index (χ1n) is 8.64. The molecule has 0 unspecified atom stereocenters. The van der Waals surface area contributed by atoms with Crippen LogP contribution < -0.4 is 14.2 Å².